The Balaban J connectivity index is 0.000000847. The van der Waals surface area contributed by atoms with Gasteiger partial charge in [0.25, 0.3) is 0 Å². The number of aromatic nitrogens is 1. The fourth-order valence-corrected chi connectivity index (χ4v) is 3.41. The number of nitrogens with one attached hydrogen (secondary N) is 2. The smallest absolute Gasteiger partial charge is 0.319 e. The van der Waals surface area contributed by atoms with Crippen molar-refractivity contribution in [2.24, 2.45) is 0 Å². The molecule has 0 aliphatic heterocycles. The van der Waals surface area contributed by atoms with Gasteiger partial charge in [0, 0.05) is 22.4 Å². The first-order valence-electron chi connectivity index (χ1n) is 7.31. The number of carbonyl (C=O) groups is 1. The van der Waals surface area contributed by atoms with E-state index in [9.17, 15) is 4.79 Å². The second-order valence-electron chi connectivity index (χ2n) is 4.53. The summed E-state index contributed by atoms with van der Waals surface area (Å²) in [7, 11) is 2.45. The molecule has 1 aromatic carbocycles. The molecule has 1 unspecified atom stereocenters. The van der Waals surface area contributed by atoms with Crippen LogP contribution in [0.25, 0.3) is 11.3 Å². The number of thiazole rings is 1. The number of anilines is 2. The van der Waals surface area contributed by atoms with Gasteiger partial charge >= 0.3 is 6.03 Å². The maximum Gasteiger partial charge on any atom is 0.319 e. The predicted octanol–water partition coefficient (Wildman–Crippen LogP) is 3.47. The summed E-state index contributed by atoms with van der Waals surface area (Å²) in [6.07, 6.45) is 2.43. The highest BCUT2D eigenvalue weighted by atomic mass is 32.1. The van der Waals surface area contributed by atoms with Crippen LogP contribution in [-0.4, -0.2) is 17.3 Å². The van der Waals surface area contributed by atoms with Gasteiger partial charge in [0.1, 0.15) is 0 Å². The van der Waals surface area contributed by atoms with Crippen LogP contribution in [0, 0.1) is 0 Å². The molecule has 5 nitrogen and oxygen atoms in total. The minimum Gasteiger partial charge on any atom is -0.375 e. The lowest BCUT2D eigenvalue weighted by Gasteiger charge is -2.16. The SMILES string of the molecule is CC.Nc1nc2c(s1)CCc1cc(NC(=O)NCP)ccc1-2. The highest BCUT2D eigenvalue weighted by Gasteiger charge is 2.20. The maximum absolute atomic E-state index is 11.5. The minimum absolute atomic E-state index is 0.200. The van der Waals surface area contributed by atoms with Crippen LogP contribution < -0.4 is 16.4 Å². The second kappa shape index (κ2) is 7.56. The van der Waals surface area contributed by atoms with E-state index in [1.165, 1.54) is 10.4 Å². The molecule has 0 saturated carbocycles. The molecule has 7 heteroatoms. The van der Waals surface area contributed by atoms with Crippen molar-refractivity contribution in [1.29, 1.82) is 0 Å². The van der Waals surface area contributed by atoms with Crippen LogP contribution in [0.3, 0.4) is 0 Å². The van der Waals surface area contributed by atoms with E-state index in [-0.39, 0.29) is 6.03 Å². The van der Waals surface area contributed by atoms with E-state index in [2.05, 4.69) is 24.9 Å². The molecule has 0 radical (unpaired) electrons. The van der Waals surface area contributed by atoms with Gasteiger partial charge in [-0.05, 0) is 30.5 Å². The van der Waals surface area contributed by atoms with Crippen molar-refractivity contribution in [3.8, 4) is 11.3 Å². The monoisotopic (exact) mass is 336 g/mol. The fourth-order valence-electron chi connectivity index (χ4n) is 2.38. The van der Waals surface area contributed by atoms with Crippen LogP contribution in [0.5, 0.6) is 0 Å². The number of nitrogens with zero attached hydrogens (tertiary/aromatic N) is 1. The molecule has 2 amide bonds. The molecule has 1 aliphatic carbocycles. The van der Waals surface area contributed by atoms with E-state index in [1.54, 1.807) is 11.3 Å². The van der Waals surface area contributed by atoms with Gasteiger partial charge in [-0.1, -0.05) is 19.9 Å². The summed E-state index contributed by atoms with van der Waals surface area (Å²) in [5.74, 6) is 0. The van der Waals surface area contributed by atoms with E-state index >= 15 is 0 Å². The number of hydrogen-bond donors (Lipinski definition) is 3. The molecule has 1 aliphatic rings. The standard InChI is InChI=1S/C13H15N4OPS.C2H6/c14-12-17-11-9-3-2-8(16-13(18)15-6-19)5-7(9)1-4-10(11)20-12;1-2/h2-3,5H,1,4,6,19H2,(H2,14,17)(H2,15,16,18);1-2H3. The van der Waals surface area contributed by atoms with E-state index in [0.717, 1.165) is 29.8 Å². The first-order chi connectivity index (χ1) is 10.7. The van der Waals surface area contributed by atoms with Gasteiger partial charge in [0.15, 0.2) is 5.13 Å². The Labute approximate surface area is 136 Å². The van der Waals surface area contributed by atoms with E-state index < -0.39 is 0 Å². The molecule has 0 fully saturated rings. The van der Waals surface area contributed by atoms with Crippen LogP contribution in [0.1, 0.15) is 24.3 Å². The molecule has 1 atom stereocenters. The summed E-state index contributed by atoms with van der Waals surface area (Å²) in [5, 5.41) is 6.11. The molecule has 4 N–H and O–H groups in total. The summed E-state index contributed by atoms with van der Waals surface area (Å²) in [4.78, 5) is 17.2. The maximum atomic E-state index is 11.5. The second-order valence-corrected chi connectivity index (χ2v) is 6.05. The number of hydrogen-bond acceptors (Lipinski definition) is 4. The minimum atomic E-state index is -0.200. The van der Waals surface area contributed by atoms with Crippen molar-refractivity contribution in [3.05, 3.63) is 28.6 Å². The quantitative estimate of drug-likeness (QED) is 0.735. The zero-order valence-corrected chi connectivity index (χ0v) is 14.7. The predicted molar refractivity (Wildman–Crippen MR) is 97.4 cm³/mol. The largest absolute Gasteiger partial charge is 0.375 e. The average Bonchev–Trinajstić information content (AvgIpc) is 2.90. The number of carbonyl (C=O) groups excluding carboxylic acids is 1. The van der Waals surface area contributed by atoms with Crippen molar-refractivity contribution in [3.63, 3.8) is 0 Å². The number of nitrogens with two attached hydrogens (primary N) is 1. The molecule has 0 bridgehead atoms. The van der Waals surface area contributed by atoms with Crippen molar-refractivity contribution >= 4 is 37.4 Å². The summed E-state index contributed by atoms with van der Waals surface area (Å²) >= 11 is 1.56. The van der Waals surface area contributed by atoms with Crippen molar-refractivity contribution in [1.82, 2.24) is 10.3 Å². The normalized spacial score (nSPS) is 11.6. The molecular weight excluding hydrogens is 315 g/mol. The highest BCUT2D eigenvalue weighted by molar-refractivity contribution is 7.16. The summed E-state index contributed by atoms with van der Waals surface area (Å²) in [6, 6.07) is 5.71. The van der Waals surface area contributed by atoms with Gasteiger partial charge in [-0.25, -0.2) is 9.78 Å². The summed E-state index contributed by atoms with van der Waals surface area (Å²) in [5.41, 5.74) is 9.90. The van der Waals surface area contributed by atoms with Gasteiger partial charge in [-0.2, -0.15) is 0 Å². The third kappa shape index (κ3) is 3.57. The van der Waals surface area contributed by atoms with Crippen LogP contribution in [0.4, 0.5) is 15.6 Å². The zero-order chi connectivity index (χ0) is 16.1. The third-order valence-electron chi connectivity index (χ3n) is 3.22. The Bertz CT molecular complexity index is 672. The van der Waals surface area contributed by atoms with Crippen LogP contribution in [0.15, 0.2) is 18.2 Å². The topological polar surface area (TPSA) is 80.0 Å². The zero-order valence-electron chi connectivity index (χ0n) is 12.8. The molecular formula is C15H21N4OPS. The Morgan fingerprint density at radius 3 is 2.91 bits per heavy atom. The number of nitrogen functional groups attached to an aromatic ring is 1. The molecule has 0 saturated heterocycles. The Hall–Kier alpha value is -1.65. The number of benzene rings is 1. The van der Waals surface area contributed by atoms with Gasteiger partial charge in [0.05, 0.1) is 5.69 Å². The number of aryl methyl sites for hydroxylation is 2. The lowest BCUT2D eigenvalue weighted by molar-refractivity contribution is 0.253. The Morgan fingerprint density at radius 1 is 1.41 bits per heavy atom. The van der Waals surface area contributed by atoms with Gasteiger partial charge < -0.3 is 16.4 Å². The van der Waals surface area contributed by atoms with Crippen molar-refractivity contribution in [2.75, 3.05) is 17.3 Å². The lowest BCUT2D eigenvalue weighted by atomic mass is 9.93. The molecule has 22 heavy (non-hydrogen) atoms. The molecule has 1 aromatic heterocycles. The van der Waals surface area contributed by atoms with Crippen LogP contribution in [0.2, 0.25) is 0 Å². The van der Waals surface area contributed by atoms with Gasteiger partial charge in [-0.15, -0.1) is 20.6 Å². The van der Waals surface area contributed by atoms with Crippen molar-refractivity contribution in [2.45, 2.75) is 26.7 Å². The van der Waals surface area contributed by atoms with Crippen molar-refractivity contribution < 1.29 is 4.79 Å². The molecule has 118 valence electrons. The third-order valence-corrected chi connectivity index (χ3v) is 4.36. The van der Waals surface area contributed by atoms with E-state index in [1.807, 2.05) is 32.0 Å². The first-order valence-corrected chi connectivity index (χ1v) is 8.94. The number of rotatable bonds is 2. The Morgan fingerprint density at radius 2 is 2.18 bits per heavy atom. The average molecular weight is 336 g/mol. The summed E-state index contributed by atoms with van der Waals surface area (Å²) < 4.78 is 0. The summed E-state index contributed by atoms with van der Waals surface area (Å²) in [6.45, 7) is 4.00. The molecule has 3 rings (SSSR count). The van der Waals surface area contributed by atoms with E-state index in [4.69, 9.17) is 5.73 Å². The van der Waals surface area contributed by atoms with Crippen LogP contribution in [-0.2, 0) is 12.8 Å². The van der Waals surface area contributed by atoms with E-state index in [0.29, 0.717) is 11.4 Å². The van der Waals surface area contributed by atoms with Gasteiger partial charge in [-0.3, -0.25) is 0 Å². The number of amides is 2. The van der Waals surface area contributed by atoms with Gasteiger partial charge in [0.2, 0.25) is 0 Å². The lowest BCUT2D eigenvalue weighted by Crippen LogP contribution is -2.27. The molecule has 2 aromatic rings. The number of urea groups is 1. The molecule has 0 spiro atoms. The highest BCUT2D eigenvalue weighted by Crippen LogP contribution is 2.38. The number of fused-ring (bicyclic) bond motifs is 3. The Kier molecular flexibility index (Phi) is 5.75. The molecule has 1 heterocycles. The van der Waals surface area contributed by atoms with Crippen LogP contribution >= 0.6 is 20.6 Å². The first kappa shape index (κ1) is 16.7. The fraction of sp³-hybridized carbons (Fsp3) is 0.333.